The van der Waals surface area contributed by atoms with Gasteiger partial charge in [0.2, 0.25) is 0 Å². The molecule has 2 aromatic rings. The standard InChI is InChI=1S/C19H23NO/c1-4-10-19(11-5-2)12-9-16-17(18(19)21)14(3)15-8-6-7-13-20(15)16/h4-8,13,18,21H,1-2,9-12H2,3H3. The van der Waals surface area contributed by atoms with Crippen LogP contribution in [0.2, 0.25) is 0 Å². The van der Waals surface area contributed by atoms with Crippen molar-refractivity contribution >= 4 is 5.52 Å². The zero-order valence-electron chi connectivity index (χ0n) is 12.7. The van der Waals surface area contributed by atoms with Crippen LogP contribution < -0.4 is 0 Å². The van der Waals surface area contributed by atoms with E-state index in [0.717, 1.165) is 31.2 Å². The fraction of sp³-hybridized carbons (Fsp3) is 0.368. The van der Waals surface area contributed by atoms with Gasteiger partial charge in [-0.2, -0.15) is 0 Å². The molecule has 0 radical (unpaired) electrons. The molecule has 110 valence electrons. The third kappa shape index (κ3) is 1.97. The highest BCUT2D eigenvalue weighted by Gasteiger charge is 2.42. The van der Waals surface area contributed by atoms with E-state index in [-0.39, 0.29) is 5.41 Å². The molecule has 2 aromatic heterocycles. The highest BCUT2D eigenvalue weighted by atomic mass is 16.3. The van der Waals surface area contributed by atoms with E-state index < -0.39 is 6.10 Å². The van der Waals surface area contributed by atoms with Gasteiger partial charge in [0.1, 0.15) is 0 Å². The van der Waals surface area contributed by atoms with Gasteiger partial charge in [-0.25, -0.2) is 0 Å². The van der Waals surface area contributed by atoms with Crippen molar-refractivity contribution in [2.24, 2.45) is 5.41 Å². The summed E-state index contributed by atoms with van der Waals surface area (Å²) in [5, 5.41) is 11.1. The van der Waals surface area contributed by atoms with Crippen molar-refractivity contribution in [3.63, 3.8) is 0 Å². The monoisotopic (exact) mass is 281 g/mol. The fourth-order valence-corrected chi connectivity index (χ4v) is 3.98. The van der Waals surface area contributed by atoms with Crippen molar-refractivity contribution in [2.75, 3.05) is 0 Å². The largest absolute Gasteiger partial charge is 0.388 e. The highest BCUT2D eigenvalue weighted by molar-refractivity contribution is 5.62. The Morgan fingerprint density at radius 3 is 2.71 bits per heavy atom. The molecule has 0 aromatic carbocycles. The van der Waals surface area contributed by atoms with Gasteiger partial charge in [-0.05, 0) is 50.3 Å². The zero-order valence-corrected chi connectivity index (χ0v) is 12.7. The van der Waals surface area contributed by atoms with Gasteiger partial charge in [-0.15, -0.1) is 13.2 Å². The number of aromatic nitrogens is 1. The lowest BCUT2D eigenvalue weighted by molar-refractivity contribution is 0.00951. The van der Waals surface area contributed by atoms with Crippen LogP contribution in [0.4, 0.5) is 0 Å². The van der Waals surface area contributed by atoms with Crippen molar-refractivity contribution in [1.29, 1.82) is 0 Å². The Morgan fingerprint density at radius 2 is 2.05 bits per heavy atom. The summed E-state index contributed by atoms with van der Waals surface area (Å²) in [6.45, 7) is 9.89. The number of fused-ring (bicyclic) bond motifs is 3. The maximum absolute atomic E-state index is 11.1. The summed E-state index contributed by atoms with van der Waals surface area (Å²) in [6.07, 6.45) is 9.13. The van der Waals surface area contributed by atoms with Crippen molar-refractivity contribution in [2.45, 2.75) is 38.7 Å². The van der Waals surface area contributed by atoms with E-state index in [1.165, 1.54) is 16.8 Å². The third-order valence-corrected chi connectivity index (χ3v) is 5.06. The molecule has 1 aliphatic rings. The lowest BCUT2D eigenvalue weighted by Crippen LogP contribution is -2.33. The summed E-state index contributed by atoms with van der Waals surface area (Å²) in [6, 6.07) is 6.23. The van der Waals surface area contributed by atoms with Crippen LogP contribution in [0.1, 0.15) is 42.2 Å². The number of hydrogen-bond donors (Lipinski definition) is 1. The first kappa shape index (κ1) is 14.2. The minimum Gasteiger partial charge on any atom is -0.388 e. The van der Waals surface area contributed by atoms with Crippen molar-refractivity contribution < 1.29 is 5.11 Å². The molecule has 0 saturated carbocycles. The van der Waals surface area contributed by atoms with Crippen LogP contribution >= 0.6 is 0 Å². The summed E-state index contributed by atoms with van der Waals surface area (Å²) >= 11 is 0. The van der Waals surface area contributed by atoms with Gasteiger partial charge >= 0.3 is 0 Å². The molecular weight excluding hydrogens is 258 g/mol. The van der Waals surface area contributed by atoms with E-state index in [4.69, 9.17) is 0 Å². The Labute approximate surface area is 126 Å². The fourth-order valence-electron chi connectivity index (χ4n) is 3.98. The van der Waals surface area contributed by atoms with Crippen LogP contribution in [0.3, 0.4) is 0 Å². The molecule has 0 bridgehead atoms. The number of rotatable bonds is 4. The second-order valence-corrected chi connectivity index (χ2v) is 6.19. The molecule has 0 saturated heterocycles. The van der Waals surface area contributed by atoms with Gasteiger partial charge in [0.05, 0.1) is 6.10 Å². The molecule has 21 heavy (non-hydrogen) atoms. The van der Waals surface area contributed by atoms with Crippen LogP contribution in [-0.2, 0) is 6.42 Å². The molecule has 2 heterocycles. The SMILES string of the molecule is C=CCC1(CC=C)CCc2c(c(C)c3ccccn23)C1O. The van der Waals surface area contributed by atoms with Crippen molar-refractivity contribution in [3.8, 4) is 0 Å². The summed E-state index contributed by atoms with van der Waals surface area (Å²) in [4.78, 5) is 0. The number of aliphatic hydroxyl groups is 1. The minimum absolute atomic E-state index is 0.147. The molecule has 3 rings (SSSR count). The van der Waals surface area contributed by atoms with E-state index >= 15 is 0 Å². The Kier molecular flexibility index (Phi) is 3.50. The lowest BCUT2D eigenvalue weighted by Gasteiger charge is -2.41. The molecule has 2 heteroatoms. The van der Waals surface area contributed by atoms with Crippen LogP contribution in [0, 0.1) is 12.3 Å². The highest BCUT2D eigenvalue weighted by Crippen LogP contribution is 2.51. The first-order chi connectivity index (χ1) is 10.1. The normalized spacial score (nSPS) is 20.2. The van der Waals surface area contributed by atoms with Gasteiger partial charge < -0.3 is 9.51 Å². The predicted molar refractivity (Wildman–Crippen MR) is 87.5 cm³/mol. The van der Waals surface area contributed by atoms with Crippen LogP contribution in [0.15, 0.2) is 49.7 Å². The first-order valence-electron chi connectivity index (χ1n) is 7.63. The van der Waals surface area contributed by atoms with Crippen LogP contribution in [0.5, 0.6) is 0 Å². The number of allylic oxidation sites excluding steroid dienone is 2. The minimum atomic E-state index is -0.447. The third-order valence-electron chi connectivity index (χ3n) is 5.06. The number of nitrogens with zero attached hydrogens (tertiary/aromatic N) is 1. The van der Waals surface area contributed by atoms with Gasteiger partial charge in [-0.3, -0.25) is 0 Å². The van der Waals surface area contributed by atoms with E-state index in [1.54, 1.807) is 0 Å². The van der Waals surface area contributed by atoms with Gasteiger partial charge in [-0.1, -0.05) is 18.2 Å². The number of hydrogen-bond acceptors (Lipinski definition) is 1. The summed E-state index contributed by atoms with van der Waals surface area (Å²) < 4.78 is 2.24. The topological polar surface area (TPSA) is 24.6 Å². The Hall–Kier alpha value is -1.80. The Balaban J connectivity index is 2.19. The quantitative estimate of drug-likeness (QED) is 0.827. The molecule has 0 fully saturated rings. The molecule has 1 N–H and O–H groups in total. The summed E-state index contributed by atoms with van der Waals surface area (Å²) in [5.74, 6) is 0. The molecule has 1 unspecified atom stereocenters. The van der Waals surface area contributed by atoms with E-state index in [1.807, 2.05) is 12.2 Å². The average Bonchev–Trinajstić information content (AvgIpc) is 2.78. The zero-order chi connectivity index (χ0) is 15.0. The molecule has 2 nitrogen and oxygen atoms in total. The summed E-state index contributed by atoms with van der Waals surface area (Å²) in [5.41, 5.74) is 4.65. The van der Waals surface area contributed by atoms with Gasteiger partial charge in [0, 0.05) is 28.4 Å². The predicted octanol–water partition coefficient (Wildman–Crippen LogP) is 4.37. The van der Waals surface area contributed by atoms with Crippen molar-refractivity contribution in [3.05, 3.63) is 66.5 Å². The number of aliphatic hydroxyl groups excluding tert-OH is 1. The number of aryl methyl sites for hydroxylation is 2. The molecule has 1 aliphatic carbocycles. The maximum Gasteiger partial charge on any atom is 0.0872 e. The molecule has 0 spiro atoms. The molecule has 1 atom stereocenters. The van der Waals surface area contributed by atoms with E-state index in [9.17, 15) is 5.11 Å². The second kappa shape index (κ2) is 5.19. The molecule has 0 aliphatic heterocycles. The van der Waals surface area contributed by atoms with Crippen molar-refractivity contribution in [1.82, 2.24) is 4.40 Å². The van der Waals surface area contributed by atoms with Crippen LogP contribution in [-0.4, -0.2) is 9.51 Å². The Morgan fingerprint density at radius 1 is 1.33 bits per heavy atom. The Bertz CT molecular complexity index is 685. The summed E-state index contributed by atoms with van der Waals surface area (Å²) in [7, 11) is 0. The van der Waals surface area contributed by atoms with Crippen LogP contribution in [0.25, 0.3) is 5.52 Å². The van der Waals surface area contributed by atoms with E-state index in [2.05, 4.69) is 48.9 Å². The molecule has 0 amide bonds. The first-order valence-corrected chi connectivity index (χ1v) is 7.63. The van der Waals surface area contributed by atoms with Gasteiger partial charge in [0.15, 0.2) is 0 Å². The average molecular weight is 281 g/mol. The lowest BCUT2D eigenvalue weighted by atomic mass is 9.66. The smallest absolute Gasteiger partial charge is 0.0872 e. The maximum atomic E-state index is 11.1. The van der Waals surface area contributed by atoms with E-state index in [0.29, 0.717) is 0 Å². The number of pyridine rings is 1. The van der Waals surface area contributed by atoms with Gasteiger partial charge in [0.25, 0.3) is 0 Å². The molecular formula is C19H23NO. The second-order valence-electron chi connectivity index (χ2n) is 6.19.